The van der Waals surface area contributed by atoms with Crippen LogP contribution in [0.1, 0.15) is 60.4 Å². The maximum atomic E-state index is 7.50. The van der Waals surface area contributed by atoms with Crippen LogP contribution in [0, 0.1) is 13.1 Å². The first kappa shape index (κ1) is 39.9. The van der Waals surface area contributed by atoms with Crippen LogP contribution < -0.4 is 25.0 Å². The van der Waals surface area contributed by atoms with Crippen LogP contribution >= 0.6 is 23.2 Å². The van der Waals surface area contributed by atoms with Crippen LogP contribution in [0.25, 0.3) is 31.5 Å². The number of hydrogen-bond donors (Lipinski definition) is 2. The van der Waals surface area contributed by atoms with Gasteiger partial charge in [0.1, 0.15) is 11.5 Å². The smallest absolute Gasteiger partial charge is 0.190 e. The Balaban J connectivity index is 0.000000190. The fourth-order valence-electron chi connectivity index (χ4n) is 6.82. The van der Waals surface area contributed by atoms with E-state index in [1.54, 1.807) is 14.2 Å². The number of benzene rings is 4. The third-order valence-corrected chi connectivity index (χ3v) is 10.6. The molecule has 286 valence electrons. The predicted molar refractivity (Wildman–Crippen MR) is 232 cm³/mol. The summed E-state index contributed by atoms with van der Waals surface area (Å²) < 4.78 is 10.5. The van der Waals surface area contributed by atoms with Crippen LogP contribution in [0.5, 0.6) is 11.5 Å². The minimum absolute atomic E-state index is 0.539. The summed E-state index contributed by atoms with van der Waals surface area (Å²) in [5.41, 5.74) is 11.8. The van der Waals surface area contributed by atoms with Crippen LogP contribution in [-0.2, 0) is 25.9 Å². The van der Waals surface area contributed by atoms with Gasteiger partial charge >= 0.3 is 0 Å². The number of anilines is 3. The number of methoxy groups -OCH3 is 2. The van der Waals surface area contributed by atoms with E-state index >= 15 is 0 Å². The van der Waals surface area contributed by atoms with Gasteiger partial charge in [-0.2, -0.15) is 0 Å². The largest absolute Gasteiger partial charge is 0.495 e. The summed E-state index contributed by atoms with van der Waals surface area (Å²) in [5, 5.41) is 10.3. The normalized spacial score (nSPS) is 12.0. The molecule has 0 atom stereocenters. The highest BCUT2D eigenvalue weighted by Gasteiger charge is 2.27. The van der Waals surface area contributed by atoms with Gasteiger partial charge in [0.05, 0.1) is 54.1 Å². The van der Waals surface area contributed by atoms with Crippen molar-refractivity contribution >= 4 is 73.4 Å². The van der Waals surface area contributed by atoms with Gasteiger partial charge in [0, 0.05) is 61.7 Å². The van der Waals surface area contributed by atoms with Gasteiger partial charge in [0.25, 0.3) is 0 Å². The van der Waals surface area contributed by atoms with Crippen LogP contribution in [0.15, 0.2) is 73.1 Å². The van der Waals surface area contributed by atoms with Crippen molar-refractivity contribution < 1.29 is 9.47 Å². The number of aryl methyl sites for hydroxylation is 2. The van der Waals surface area contributed by atoms with E-state index in [-0.39, 0.29) is 0 Å². The fraction of sp³-hybridized carbons (Fsp3) is 0.289. The van der Waals surface area contributed by atoms with Crippen molar-refractivity contribution in [3.63, 3.8) is 0 Å². The molecular formula is C45H45Cl2N7O2. The van der Waals surface area contributed by atoms with Crippen molar-refractivity contribution in [2.24, 2.45) is 0 Å². The molecule has 6 aromatic rings. The Morgan fingerprint density at radius 3 is 1.62 bits per heavy atom. The Labute approximate surface area is 339 Å². The number of hydrogen-bond acceptors (Lipinski definition) is 7. The second-order valence-electron chi connectivity index (χ2n) is 13.9. The number of halogens is 2. The second-order valence-corrected chi connectivity index (χ2v) is 14.7. The highest BCUT2D eigenvalue weighted by Crippen LogP contribution is 2.46. The molecule has 9 nitrogen and oxygen atoms in total. The molecule has 7 rings (SSSR count). The minimum atomic E-state index is 0.539. The molecule has 0 unspecified atom stereocenters. The Morgan fingerprint density at radius 2 is 1.20 bits per heavy atom. The zero-order valence-electron chi connectivity index (χ0n) is 32.6. The summed E-state index contributed by atoms with van der Waals surface area (Å²) in [7, 11) is 7.14. The first-order valence-corrected chi connectivity index (χ1v) is 19.3. The number of fused-ring (bicyclic) bond motifs is 2. The molecule has 0 amide bonds. The molecule has 0 bridgehead atoms. The van der Waals surface area contributed by atoms with E-state index in [9.17, 15) is 0 Å². The molecule has 2 heterocycles. The van der Waals surface area contributed by atoms with Gasteiger partial charge < -0.3 is 25.0 Å². The molecule has 0 spiro atoms. The Hall–Kier alpha value is -5.74. The number of nitrogens with one attached hydrogen (secondary N) is 2. The van der Waals surface area contributed by atoms with E-state index in [4.69, 9.17) is 50.8 Å². The van der Waals surface area contributed by atoms with E-state index in [2.05, 4.69) is 39.2 Å². The Morgan fingerprint density at radius 1 is 0.714 bits per heavy atom. The third-order valence-electron chi connectivity index (χ3n) is 9.97. The average Bonchev–Trinajstić information content (AvgIpc) is 4.07. The molecule has 11 heteroatoms. The van der Waals surface area contributed by atoms with Crippen molar-refractivity contribution in [2.45, 2.75) is 58.5 Å². The van der Waals surface area contributed by atoms with Crippen LogP contribution in [0.2, 0.25) is 10.0 Å². The first-order chi connectivity index (χ1) is 27.1. The standard InChI is InChI=1S/C23H22ClN3O.C22H23ClN4O/c1-4-15-13-27-23-18(16-6-7-16)10-17(25-2)11-19(23)22(15)26-12-14-5-8-21(28-3)20(24)9-14;1-6-15-13-26-22-17(10-16(24-2)11-19(22)27(3)4)21(15)25-12-14-7-8-20(28-5)18(23)9-14/h5,8-11,13,16H,4,6-7,12H2,1,3H3,(H,26,27);7-11,13H,6,12H2,1,3-5H3,(H,25,26). The third kappa shape index (κ3) is 8.71. The molecule has 2 N–H and O–H groups in total. The summed E-state index contributed by atoms with van der Waals surface area (Å²) in [4.78, 5) is 18.8. The van der Waals surface area contributed by atoms with E-state index in [0.717, 1.165) is 74.0 Å². The van der Waals surface area contributed by atoms with Crippen molar-refractivity contribution in [3.8, 4) is 11.5 Å². The van der Waals surface area contributed by atoms with Gasteiger partial charge in [-0.1, -0.05) is 55.2 Å². The Kier molecular flexibility index (Phi) is 12.7. The van der Waals surface area contributed by atoms with Crippen molar-refractivity contribution in [3.05, 3.63) is 134 Å². The van der Waals surface area contributed by atoms with E-state index in [0.29, 0.717) is 51.9 Å². The number of ether oxygens (including phenoxy) is 2. The number of pyridine rings is 2. The zero-order valence-corrected chi connectivity index (χ0v) is 34.1. The molecule has 0 radical (unpaired) electrons. The molecule has 0 aliphatic heterocycles. The SMILES string of the molecule is [C-]#[N+]c1cc(C2CC2)c2ncc(CC)c(NCc3ccc(OC)c(Cl)c3)c2c1.[C-]#[N+]c1cc(N(C)C)c2ncc(CC)c(NCc3ccc(OC)c(Cl)c3)c2c1. The molecular weight excluding hydrogens is 741 g/mol. The quantitative estimate of drug-likeness (QED) is 0.120. The van der Waals surface area contributed by atoms with Crippen molar-refractivity contribution in [1.29, 1.82) is 0 Å². The van der Waals surface area contributed by atoms with Gasteiger partial charge in [-0.3, -0.25) is 9.97 Å². The van der Waals surface area contributed by atoms with Gasteiger partial charge in [-0.05, 0) is 102 Å². The van der Waals surface area contributed by atoms with Gasteiger partial charge in [0.15, 0.2) is 11.4 Å². The molecule has 2 aromatic heterocycles. The maximum absolute atomic E-state index is 7.50. The molecule has 0 saturated heterocycles. The predicted octanol–water partition coefficient (Wildman–Crippen LogP) is 12.2. The lowest BCUT2D eigenvalue weighted by atomic mass is 10.0. The number of nitrogens with zero attached hydrogens (tertiary/aromatic N) is 5. The first-order valence-electron chi connectivity index (χ1n) is 18.6. The molecule has 1 saturated carbocycles. The lowest BCUT2D eigenvalue weighted by molar-refractivity contribution is 0.415. The molecule has 56 heavy (non-hydrogen) atoms. The summed E-state index contributed by atoms with van der Waals surface area (Å²) in [6, 6.07) is 19.3. The summed E-state index contributed by atoms with van der Waals surface area (Å²) in [6.07, 6.45) is 7.96. The molecule has 4 aromatic carbocycles. The van der Waals surface area contributed by atoms with Crippen molar-refractivity contribution in [2.75, 3.05) is 43.8 Å². The Bertz CT molecular complexity index is 2320. The summed E-state index contributed by atoms with van der Waals surface area (Å²) in [5.74, 6) is 1.87. The van der Waals surface area contributed by atoms with E-state index in [1.165, 1.54) is 18.4 Å². The molecule has 1 aliphatic rings. The summed E-state index contributed by atoms with van der Waals surface area (Å²) in [6.45, 7) is 20.4. The highest BCUT2D eigenvalue weighted by molar-refractivity contribution is 6.32. The number of aromatic nitrogens is 2. The van der Waals surface area contributed by atoms with E-state index < -0.39 is 0 Å². The lowest BCUT2D eigenvalue weighted by Crippen LogP contribution is -2.10. The number of rotatable bonds is 12. The van der Waals surface area contributed by atoms with Crippen molar-refractivity contribution in [1.82, 2.24) is 9.97 Å². The highest BCUT2D eigenvalue weighted by atomic mass is 35.5. The van der Waals surface area contributed by atoms with Gasteiger partial charge in [-0.15, -0.1) is 0 Å². The van der Waals surface area contributed by atoms with E-state index in [1.807, 2.05) is 92.1 Å². The topological polar surface area (TPSA) is 80.3 Å². The second kappa shape index (κ2) is 17.8. The zero-order chi connectivity index (χ0) is 39.9. The molecule has 1 aliphatic carbocycles. The minimum Gasteiger partial charge on any atom is -0.495 e. The molecule has 1 fully saturated rings. The van der Waals surface area contributed by atoms with Crippen LogP contribution in [-0.4, -0.2) is 38.3 Å². The summed E-state index contributed by atoms with van der Waals surface area (Å²) >= 11 is 12.5. The van der Waals surface area contributed by atoms with Gasteiger partial charge in [-0.25, -0.2) is 9.69 Å². The van der Waals surface area contributed by atoms with Gasteiger partial charge in [0.2, 0.25) is 0 Å². The van der Waals surface area contributed by atoms with Crippen LogP contribution in [0.3, 0.4) is 0 Å². The monoisotopic (exact) mass is 785 g/mol. The lowest BCUT2D eigenvalue weighted by Gasteiger charge is -2.19. The fourth-order valence-corrected chi connectivity index (χ4v) is 7.38. The van der Waals surface area contributed by atoms with Crippen LogP contribution in [0.4, 0.5) is 28.4 Å². The maximum Gasteiger partial charge on any atom is 0.190 e. The average molecular weight is 787 g/mol.